The number of fused-ring (bicyclic) bond motifs is 3. The number of nitrogens with zero attached hydrogens (tertiary/aromatic N) is 2. The molecule has 2 aromatic carbocycles. The van der Waals surface area contributed by atoms with Crippen LogP contribution in [0.15, 0.2) is 58.8 Å². The molecule has 1 aliphatic heterocycles. The van der Waals surface area contributed by atoms with Crippen LogP contribution in [0.4, 0.5) is 4.79 Å². The van der Waals surface area contributed by atoms with Crippen molar-refractivity contribution in [1.29, 1.82) is 0 Å². The normalized spacial score (nSPS) is 16.8. The Morgan fingerprint density at radius 2 is 1.68 bits per heavy atom. The van der Waals surface area contributed by atoms with Crippen molar-refractivity contribution < 1.29 is 19.4 Å². The molecule has 7 heteroatoms. The van der Waals surface area contributed by atoms with E-state index in [1.54, 1.807) is 0 Å². The maximum Gasteiger partial charge on any atom is 0.407 e. The summed E-state index contributed by atoms with van der Waals surface area (Å²) in [7, 11) is 0. The van der Waals surface area contributed by atoms with Crippen molar-refractivity contribution in [3.63, 3.8) is 0 Å². The van der Waals surface area contributed by atoms with Gasteiger partial charge in [-0.1, -0.05) is 48.5 Å². The van der Waals surface area contributed by atoms with E-state index in [0.29, 0.717) is 6.42 Å². The third kappa shape index (κ3) is 3.60. The lowest BCUT2D eigenvalue weighted by Crippen LogP contribution is -2.42. The molecule has 2 N–H and O–H groups in total. The molecule has 1 amide bonds. The van der Waals surface area contributed by atoms with Gasteiger partial charge in [0.25, 0.3) is 0 Å². The van der Waals surface area contributed by atoms with Crippen LogP contribution in [0.25, 0.3) is 11.1 Å². The third-order valence-electron chi connectivity index (χ3n) is 5.28. The predicted molar refractivity (Wildman–Crippen MR) is 102 cm³/mol. The second-order valence-electron chi connectivity index (χ2n) is 7.32. The topological polar surface area (TPSA) is 100 Å². The standard InChI is InChI=1S/C21H21N3O4/c1-21(23-24-21)11-10-18(19(25)26)22-20(27)28-12-17-15-8-4-2-6-13(15)14-7-3-5-9-16(14)17/h2-9,17-18H,10-12H2,1H3,(H,22,27)(H,25,26). The smallest absolute Gasteiger partial charge is 0.407 e. The zero-order valence-electron chi connectivity index (χ0n) is 15.5. The Morgan fingerprint density at radius 1 is 1.11 bits per heavy atom. The fourth-order valence-electron chi connectivity index (χ4n) is 3.64. The van der Waals surface area contributed by atoms with Gasteiger partial charge in [-0.15, -0.1) is 0 Å². The van der Waals surface area contributed by atoms with Gasteiger partial charge in [-0.25, -0.2) is 9.59 Å². The molecule has 2 aliphatic rings. The monoisotopic (exact) mass is 379 g/mol. The summed E-state index contributed by atoms with van der Waals surface area (Å²) in [5.74, 6) is -1.16. The van der Waals surface area contributed by atoms with Gasteiger partial charge in [0.2, 0.25) is 0 Å². The van der Waals surface area contributed by atoms with Gasteiger partial charge in [0.05, 0.1) is 0 Å². The van der Waals surface area contributed by atoms with Crippen molar-refractivity contribution in [3.8, 4) is 11.1 Å². The maximum absolute atomic E-state index is 12.2. The minimum atomic E-state index is -1.10. The van der Waals surface area contributed by atoms with Gasteiger partial charge in [-0.05, 0) is 42.0 Å². The zero-order chi connectivity index (χ0) is 19.7. The number of benzene rings is 2. The molecule has 1 heterocycles. The van der Waals surface area contributed by atoms with Crippen molar-refractivity contribution in [1.82, 2.24) is 5.32 Å². The van der Waals surface area contributed by atoms with Crippen LogP contribution in [0.2, 0.25) is 0 Å². The molecule has 0 saturated carbocycles. The fraction of sp³-hybridized carbons (Fsp3) is 0.333. The number of hydrogen-bond acceptors (Lipinski definition) is 5. The molecule has 2 aromatic rings. The van der Waals surface area contributed by atoms with Gasteiger partial charge in [0, 0.05) is 5.92 Å². The highest BCUT2D eigenvalue weighted by Crippen LogP contribution is 2.44. The lowest BCUT2D eigenvalue weighted by atomic mass is 9.98. The zero-order valence-corrected chi connectivity index (χ0v) is 15.5. The molecular formula is C21H21N3O4. The SMILES string of the molecule is CC1(CCC(NC(=O)OCC2c3ccccc3-c3ccccc32)C(=O)O)N=N1. The van der Waals surface area contributed by atoms with Crippen molar-refractivity contribution in [2.24, 2.45) is 10.2 Å². The molecule has 4 rings (SSSR count). The number of ether oxygens (including phenoxy) is 1. The number of carbonyl (C=O) groups excluding carboxylic acids is 1. The average molecular weight is 379 g/mol. The molecule has 0 saturated heterocycles. The second kappa shape index (κ2) is 7.07. The first-order valence-corrected chi connectivity index (χ1v) is 9.25. The molecule has 0 fully saturated rings. The van der Waals surface area contributed by atoms with E-state index in [1.165, 1.54) is 0 Å². The van der Waals surface area contributed by atoms with E-state index in [2.05, 4.69) is 27.7 Å². The number of alkyl carbamates (subject to hydrolysis) is 1. The van der Waals surface area contributed by atoms with Crippen LogP contribution in [0.3, 0.4) is 0 Å². The molecular weight excluding hydrogens is 358 g/mol. The molecule has 144 valence electrons. The van der Waals surface area contributed by atoms with Crippen LogP contribution < -0.4 is 5.32 Å². The fourth-order valence-corrected chi connectivity index (χ4v) is 3.64. The minimum absolute atomic E-state index is 0.0654. The lowest BCUT2D eigenvalue weighted by Gasteiger charge is -2.17. The molecule has 1 atom stereocenters. The summed E-state index contributed by atoms with van der Waals surface area (Å²) in [4.78, 5) is 23.7. The summed E-state index contributed by atoms with van der Waals surface area (Å²) in [6, 6.07) is 15.1. The molecule has 1 aliphatic carbocycles. The summed E-state index contributed by atoms with van der Waals surface area (Å²) in [6.45, 7) is 1.97. The highest BCUT2D eigenvalue weighted by Gasteiger charge is 2.36. The number of amides is 1. The number of rotatable bonds is 7. The average Bonchev–Trinajstić information content (AvgIpc) is 3.34. The van der Waals surface area contributed by atoms with Crippen LogP contribution in [0.5, 0.6) is 0 Å². The summed E-state index contributed by atoms with van der Waals surface area (Å²) >= 11 is 0. The number of carboxylic acid groups (broad SMARTS) is 1. The van der Waals surface area contributed by atoms with E-state index < -0.39 is 23.8 Å². The molecule has 1 unspecified atom stereocenters. The quantitative estimate of drug-likeness (QED) is 0.761. The van der Waals surface area contributed by atoms with Gasteiger partial charge in [-0.3, -0.25) is 0 Å². The Balaban J connectivity index is 1.39. The molecule has 0 radical (unpaired) electrons. The molecule has 0 spiro atoms. The van der Waals surface area contributed by atoms with Crippen molar-refractivity contribution in [2.45, 2.75) is 37.4 Å². The van der Waals surface area contributed by atoms with E-state index >= 15 is 0 Å². The van der Waals surface area contributed by atoms with E-state index in [4.69, 9.17) is 4.74 Å². The van der Waals surface area contributed by atoms with Crippen LogP contribution in [0.1, 0.15) is 36.8 Å². The van der Waals surface area contributed by atoms with Crippen molar-refractivity contribution in [3.05, 3.63) is 59.7 Å². The second-order valence-corrected chi connectivity index (χ2v) is 7.32. The summed E-state index contributed by atoms with van der Waals surface area (Å²) < 4.78 is 5.41. The van der Waals surface area contributed by atoms with E-state index in [1.807, 2.05) is 43.3 Å². The maximum atomic E-state index is 12.2. The number of carbonyl (C=O) groups is 2. The lowest BCUT2D eigenvalue weighted by molar-refractivity contribution is -0.139. The summed E-state index contributed by atoms with van der Waals surface area (Å²) in [5, 5.41) is 19.5. The Hall–Kier alpha value is -3.22. The van der Waals surface area contributed by atoms with E-state index in [9.17, 15) is 14.7 Å². The van der Waals surface area contributed by atoms with Crippen LogP contribution in [-0.2, 0) is 9.53 Å². The molecule has 28 heavy (non-hydrogen) atoms. The first kappa shape index (κ1) is 18.2. The van der Waals surface area contributed by atoms with Crippen LogP contribution in [0, 0.1) is 0 Å². The van der Waals surface area contributed by atoms with E-state index in [-0.39, 0.29) is 18.9 Å². The van der Waals surface area contributed by atoms with Crippen molar-refractivity contribution in [2.75, 3.05) is 6.61 Å². The third-order valence-corrected chi connectivity index (χ3v) is 5.28. The highest BCUT2D eigenvalue weighted by molar-refractivity contribution is 5.81. The van der Waals surface area contributed by atoms with Gasteiger partial charge < -0.3 is 15.2 Å². The number of aliphatic carboxylic acids is 1. The minimum Gasteiger partial charge on any atom is -0.480 e. The van der Waals surface area contributed by atoms with Crippen molar-refractivity contribution >= 4 is 12.1 Å². The molecule has 0 aromatic heterocycles. The Labute approximate surface area is 162 Å². The van der Waals surface area contributed by atoms with Crippen LogP contribution in [-0.4, -0.2) is 35.5 Å². The number of hydrogen-bond donors (Lipinski definition) is 2. The highest BCUT2D eigenvalue weighted by atomic mass is 16.5. The van der Waals surface area contributed by atoms with Gasteiger partial charge in [-0.2, -0.15) is 10.2 Å². The molecule has 0 bridgehead atoms. The van der Waals surface area contributed by atoms with E-state index in [0.717, 1.165) is 22.3 Å². The first-order chi connectivity index (χ1) is 13.5. The largest absolute Gasteiger partial charge is 0.480 e. The number of nitrogens with one attached hydrogen (secondary N) is 1. The molecule has 7 nitrogen and oxygen atoms in total. The Morgan fingerprint density at radius 3 is 2.21 bits per heavy atom. The summed E-state index contributed by atoms with van der Waals surface area (Å²) in [6.07, 6.45) is -0.0273. The van der Waals surface area contributed by atoms with Crippen LogP contribution >= 0.6 is 0 Å². The first-order valence-electron chi connectivity index (χ1n) is 9.25. The van der Waals surface area contributed by atoms with Gasteiger partial charge in [0.15, 0.2) is 5.66 Å². The number of carboxylic acids is 1. The van der Waals surface area contributed by atoms with Gasteiger partial charge in [0.1, 0.15) is 12.6 Å². The van der Waals surface area contributed by atoms with Gasteiger partial charge >= 0.3 is 12.1 Å². The Kier molecular flexibility index (Phi) is 4.58. The summed E-state index contributed by atoms with van der Waals surface area (Å²) in [5.41, 5.74) is 3.99. The predicted octanol–water partition coefficient (Wildman–Crippen LogP) is 3.94. The Bertz CT molecular complexity index is 905.